The summed E-state index contributed by atoms with van der Waals surface area (Å²) in [5, 5.41) is 13.2. The lowest BCUT2D eigenvalue weighted by Gasteiger charge is -2.47. The molecule has 2 bridgehead atoms. The molecule has 2 aromatic heterocycles. The first-order valence-electron chi connectivity index (χ1n) is 11.1. The van der Waals surface area contributed by atoms with Crippen LogP contribution in [0.1, 0.15) is 29.5 Å². The van der Waals surface area contributed by atoms with Crippen molar-refractivity contribution >= 4 is 43.3 Å². The van der Waals surface area contributed by atoms with E-state index in [-0.39, 0.29) is 18.2 Å². The van der Waals surface area contributed by atoms with E-state index < -0.39 is 0 Å². The molecule has 8 heteroatoms. The van der Waals surface area contributed by atoms with Gasteiger partial charge in [0.05, 0.1) is 40.2 Å². The number of hydrogen-bond acceptors (Lipinski definition) is 7. The summed E-state index contributed by atoms with van der Waals surface area (Å²) in [4.78, 5) is 4.44. The van der Waals surface area contributed by atoms with Crippen LogP contribution < -0.4 is 11.1 Å². The summed E-state index contributed by atoms with van der Waals surface area (Å²) in [7, 11) is 3.65. The number of thiazole rings is 1. The molecule has 0 saturated heterocycles. The number of fused-ring (bicyclic) bond motifs is 10. The topological polar surface area (TPSA) is 98.1 Å². The fraction of sp³-hybridized carbons (Fsp3) is 0.417. The van der Waals surface area contributed by atoms with E-state index in [0.29, 0.717) is 28.8 Å². The zero-order valence-electron chi connectivity index (χ0n) is 17.9. The van der Waals surface area contributed by atoms with E-state index in [0.717, 1.165) is 22.2 Å². The third kappa shape index (κ3) is 2.37. The van der Waals surface area contributed by atoms with Crippen molar-refractivity contribution in [3.8, 4) is 0 Å². The number of aromatic amines is 1. The first-order chi connectivity index (χ1) is 15.7. The summed E-state index contributed by atoms with van der Waals surface area (Å²) in [5.41, 5.74) is 11.9. The largest absolute Gasteiger partial charge is 0.378 e. The SMILES string of the molecule is CO[C@@H]1C2CC([C@H]3[C@H](c4ccc5nc(N)sc5c4)Nc4ccc5[nH]ncc5c4[C@@H]23)[C@@H]1OC. The molecule has 7 rings (SSSR count). The molecule has 32 heavy (non-hydrogen) atoms. The van der Waals surface area contributed by atoms with Gasteiger partial charge in [-0.1, -0.05) is 17.4 Å². The minimum Gasteiger partial charge on any atom is -0.378 e. The molecule has 164 valence electrons. The highest BCUT2D eigenvalue weighted by Crippen LogP contribution is 2.65. The number of H-pyrrole nitrogens is 1. The Morgan fingerprint density at radius 3 is 2.78 bits per heavy atom. The van der Waals surface area contributed by atoms with Crippen LogP contribution in [0.25, 0.3) is 21.1 Å². The molecule has 4 aromatic rings. The van der Waals surface area contributed by atoms with Crippen LogP contribution in [-0.4, -0.2) is 41.6 Å². The molecular formula is C24H25N5O2S. The Morgan fingerprint density at radius 2 is 1.94 bits per heavy atom. The second-order valence-electron chi connectivity index (χ2n) is 9.33. The molecule has 2 fully saturated rings. The number of hydrogen-bond donors (Lipinski definition) is 3. The van der Waals surface area contributed by atoms with E-state index in [1.165, 1.54) is 22.2 Å². The lowest BCUT2D eigenvalue weighted by atomic mass is 9.65. The number of methoxy groups -OCH3 is 2. The third-order valence-corrected chi connectivity index (χ3v) is 8.96. The highest BCUT2D eigenvalue weighted by molar-refractivity contribution is 7.22. The summed E-state index contributed by atoms with van der Waals surface area (Å²) < 4.78 is 13.2. The lowest BCUT2D eigenvalue weighted by Crippen LogP contribution is -2.47. The van der Waals surface area contributed by atoms with Crippen LogP contribution in [0.15, 0.2) is 36.5 Å². The minimum atomic E-state index is 0.114. The Bertz CT molecular complexity index is 1350. The van der Waals surface area contributed by atoms with Crippen LogP contribution in [0.2, 0.25) is 0 Å². The molecule has 2 saturated carbocycles. The van der Waals surface area contributed by atoms with Crippen LogP contribution in [-0.2, 0) is 9.47 Å². The van der Waals surface area contributed by atoms with Crippen LogP contribution >= 0.6 is 11.3 Å². The number of nitrogens with two attached hydrogens (primary N) is 1. The Morgan fingerprint density at radius 1 is 1.09 bits per heavy atom. The van der Waals surface area contributed by atoms with E-state index in [1.54, 1.807) is 11.3 Å². The summed E-state index contributed by atoms with van der Waals surface area (Å²) in [6.45, 7) is 0. The first kappa shape index (κ1) is 18.8. The number of rotatable bonds is 3. The molecule has 0 spiro atoms. The van der Waals surface area contributed by atoms with Crippen molar-refractivity contribution in [2.75, 3.05) is 25.3 Å². The summed E-state index contributed by atoms with van der Waals surface area (Å²) in [5.74, 6) is 1.65. The lowest BCUT2D eigenvalue weighted by molar-refractivity contribution is -0.0868. The molecule has 3 aliphatic rings. The van der Waals surface area contributed by atoms with Gasteiger partial charge in [0.25, 0.3) is 0 Å². The number of nitrogens with zero attached hydrogens (tertiary/aromatic N) is 2. The Balaban J connectivity index is 1.42. The Labute approximate surface area is 189 Å². The van der Waals surface area contributed by atoms with E-state index in [1.807, 2.05) is 20.4 Å². The van der Waals surface area contributed by atoms with Gasteiger partial charge in [0.1, 0.15) is 0 Å². The van der Waals surface area contributed by atoms with E-state index in [9.17, 15) is 0 Å². The molecule has 2 unspecified atom stereocenters. The number of benzene rings is 2. The normalized spacial score (nSPS) is 32.9. The fourth-order valence-electron chi connectivity index (χ4n) is 7.07. The van der Waals surface area contributed by atoms with E-state index >= 15 is 0 Å². The smallest absolute Gasteiger partial charge is 0.181 e. The first-order valence-corrected chi connectivity index (χ1v) is 11.9. The van der Waals surface area contributed by atoms with Gasteiger partial charge in [-0.25, -0.2) is 4.98 Å². The fourth-order valence-corrected chi connectivity index (χ4v) is 7.86. The number of aromatic nitrogens is 3. The van der Waals surface area contributed by atoms with Crippen molar-refractivity contribution in [1.82, 2.24) is 15.2 Å². The maximum atomic E-state index is 6.02. The van der Waals surface area contributed by atoms with Crippen molar-refractivity contribution in [2.24, 2.45) is 17.8 Å². The van der Waals surface area contributed by atoms with Gasteiger partial charge < -0.3 is 20.5 Å². The maximum Gasteiger partial charge on any atom is 0.181 e. The van der Waals surface area contributed by atoms with E-state index in [4.69, 9.17) is 15.2 Å². The highest BCUT2D eigenvalue weighted by atomic mass is 32.1. The minimum absolute atomic E-state index is 0.114. The van der Waals surface area contributed by atoms with Crippen LogP contribution in [0.5, 0.6) is 0 Å². The molecular weight excluding hydrogens is 422 g/mol. The van der Waals surface area contributed by atoms with Gasteiger partial charge in [-0.2, -0.15) is 5.10 Å². The van der Waals surface area contributed by atoms with Gasteiger partial charge >= 0.3 is 0 Å². The van der Waals surface area contributed by atoms with Gasteiger partial charge in [0.2, 0.25) is 0 Å². The Kier molecular flexibility index (Phi) is 3.93. The van der Waals surface area contributed by atoms with Crippen molar-refractivity contribution in [1.29, 1.82) is 0 Å². The van der Waals surface area contributed by atoms with Gasteiger partial charge in [0.15, 0.2) is 5.13 Å². The molecule has 2 aromatic carbocycles. The monoisotopic (exact) mass is 447 g/mol. The van der Waals surface area contributed by atoms with Crippen molar-refractivity contribution < 1.29 is 9.47 Å². The quantitative estimate of drug-likeness (QED) is 0.433. The molecule has 0 radical (unpaired) electrons. The van der Waals surface area contributed by atoms with Gasteiger partial charge in [0, 0.05) is 25.3 Å². The average Bonchev–Trinajstić information content (AvgIpc) is 3.57. The number of anilines is 2. The molecule has 3 heterocycles. The number of nitrogen functional groups attached to an aromatic ring is 1. The zero-order chi connectivity index (χ0) is 21.6. The summed E-state index contributed by atoms with van der Waals surface area (Å²) in [6.07, 6.45) is 3.32. The molecule has 1 aliphatic heterocycles. The molecule has 7 atom stereocenters. The Hall–Kier alpha value is -2.68. The van der Waals surface area contributed by atoms with Crippen molar-refractivity contribution in [3.05, 3.63) is 47.7 Å². The highest BCUT2D eigenvalue weighted by Gasteiger charge is 2.62. The standard InChI is InChI=1S/C24H25N5O2S/c1-30-22-11-8-12(23(22)31-2)20-19(11)18-13-9-26-29-14(13)5-6-16(18)27-21(20)10-3-4-15-17(7-10)32-24(25)28-15/h3-7,9,11-12,19-23,27H,8H2,1-2H3,(H2,25,28)(H,26,29)/t11?,12?,19-,20-,21+,22-,23+/m1/s1. The maximum absolute atomic E-state index is 6.02. The average molecular weight is 448 g/mol. The van der Waals surface area contributed by atoms with Crippen LogP contribution in [0, 0.1) is 17.8 Å². The van der Waals surface area contributed by atoms with Crippen LogP contribution in [0.4, 0.5) is 10.8 Å². The third-order valence-electron chi connectivity index (χ3n) is 8.11. The number of ether oxygens (including phenoxy) is 2. The predicted molar refractivity (Wildman–Crippen MR) is 126 cm³/mol. The van der Waals surface area contributed by atoms with Gasteiger partial charge in [-0.3, -0.25) is 5.10 Å². The second kappa shape index (κ2) is 6.66. The summed E-state index contributed by atoms with van der Waals surface area (Å²) >= 11 is 1.55. The van der Waals surface area contributed by atoms with Crippen molar-refractivity contribution in [3.63, 3.8) is 0 Å². The summed E-state index contributed by atoms with van der Waals surface area (Å²) in [6, 6.07) is 11.1. The predicted octanol–water partition coefficient (Wildman–Crippen LogP) is 4.30. The van der Waals surface area contributed by atoms with E-state index in [2.05, 4.69) is 50.8 Å². The molecule has 4 N–H and O–H groups in total. The molecule has 0 amide bonds. The number of nitrogens with one attached hydrogen (secondary N) is 2. The van der Waals surface area contributed by atoms with Crippen molar-refractivity contribution in [2.45, 2.75) is 30.6 Å². The van der Waals surface area contributed by atoms with Gasteiger partial charge in [-0.15, -0.1) is 0 Å². The van der Waals surface area contributed by atoms with Crippen LogP contribution in [0.3, 0.4) is 0 Å². The van der Waals surface area contributed by atoms with Gasteiger partial charge in [-0.05, 0) is 65.5 Å². The molecule has 2 aliphatic carbocycles. The zero-order valence-corrected chi connectivity index (χ0v) is 18.7. The second-order valence-corrected chi connectivity index (χ2v) is 10.4. The molecule has 7 nitrogen and oxygen atoms in total.